The van der Waals surface area contributed by atoms with Gasteiger partial charge in [-0.3, -0.25) is 9.98 Å². The molecule has 0 aromatic heterocycles. The Balaban J connectivity index is 0.000000201. The van der Waals surface area contributed by atoms with E-state index in [1.54, 1.807) is 0 Å². The number of aliphatic imine (C=N–C) groups is 2. The monoisotopic (exact) mass is 506 g/mol. The molecule has 0 amide bonds. The summed E-state index contributed by atoms with van der Waals surface area (Å²) in [5.41, 5.74) is 0.995. The van der Waals surface area contributed by atoms with E-state index in [-0.39, 0.29) is 11.1 Å². The van der Waals surface area contributed by atoms with Crippen molar-refractivity contribution in [1.82, 2.24) is 0 Å². The highest BCUT2D eigenvalue weighted by Crippen LogP contribution is 2.16. The minimum atomic E-state index is -1.52. The molecule has 36 heavy (non-hydrogen) atoms. The predicted octanol–water partition coefficient (Wildman–Crippen LogP) is 7.99. The van der Waals surface area contributed by atoms with Gasteiger partial charge in [-0.1, -0.05) is 0 Å². The fourth-order valence-corrected chi connectivity index (χ4v) is 2.65. The third kappa shape index (κ3) is 7.33. The molecule has 0 bridgehead atoms. The molecule has 0 radical (unpaired) electrons. The summed E-state index contributed by atoms with van der Waals surface area (Å²) in [5.74, 6) is -8.99. The second-order valence-corrected chi connectivity index (χ2v) is 7.07. The highest BCUT2D eigenvalue weighted by atomic mass is 19.2. The zero-order valence-corrected chi connectivity index (χ0v) is 18.0. The molecule has 0 unspecified atom stereocenters. The number of rotatable bonds is 4. The fourth-order valence-electron chi connectivity index (χ4n) is 2.65. The maximum Gasteiger partial charge on any atom is 0.194 e. The molecular formula is C26H14F8N2. The molecule has 0 atom stereocenters. The van der Waals surface area contributed by atoms with Gasteiger partial charge in [0.15, 0.2) is 34.9 Å². The molecule has 2 nitrogen and oxygen atoms in total. The van der Waals surface area contributed by atoms with Gasteiger partial charge in [-0.05, 0) is 83.9 Å². The third-order valence-electron chi connectivity index (χ3n) is 4.39. The lowest BCUT2D eigenvalue weighted by molar-refractivity contribution is 0.447. The first-order valence-electron chi connectivity index (χ1n) is 10.0. The van der Waals surface area contributed by atoms with Gasteiger partial charge < -0.3 is 0 Å². The maximum absolute atomic E-state index is 12.9. The van der Waals surface area contributed by atoms with Crippen LogP contribution in [0.4, 0.5) is 46.5 Å². The first-order valence-corrected chi connectivity index (χ1v) is 10.0. The van der Waals surface area contributed by atoms with Gasteiger partial charge in [-0.2, -0.15) is 0 Å². The third-order valence-corrected chi connectivity index (χ3v) is 4.39. The van der Waals surface area contributed by atoms with Crippen molar-refractivity contribution in [1.29, 1.82) is 0 Å². The minimum Gasteiger partial charge on any atom is -0.256 e. The smallest absolute Gasteiger partial charge is 0.194 e. The average Bonchev–Trinajstić information content (AvgIpc) is 2.85. The zero-order valence-electron chi connectivity index (χ0n) is 18.0. The summed E-state index contributed by atoms with van der Waals surface area (Å²) in [5, 5.41) is 0. The van der Waals surface area contributed by atoms with Crippen LogP contribution in [0.2, 0.25) is 0 Å². The molecule has 184 valence electrons. The van der Waals surface area contributed by atoms with E-state index in [4.69, 9.17) is 0 Å². The quantitative estimate of drug-likeness (QED) is 0.152. The van der Waals surface area contributed by atoms with Crippen molar-refractivity contribution in [2.75, 3.05) is 0 Å². The van der Waals surface area contributed by atoms with Gasteiger partial charge in [0.2, 0.25) is 0 Å². The van der Waals surface area contributed by atoms with Crippen LogP contribution in [-0.2, 0) is 0 Å². The number of hydrogen-bond acceptors (Lipinski definition) is 2. The van der Waals surface area contributed by atoms with E-state index in [2.05, 4.69) is 9.98 Å². The molecule has 0 saturated heterocycles. The summed E-state index contributed by atoms with van der Waals surface area (Å²) in [6, 6.07) is 13.7. The van der Waals surface area contributed by atoms with Gasteiger partial charge in [0.25, 0.3) is 0 Å². The van der Waals surface area contributed by atoms with Crippen LogP contribution in [0.5, 0.6) is 0 Å². The van der Waals surface area contributed by atoms with Gasteiger partial charge >= 0.3 is 0 Å². The highest BCUT2D eigenvalue weighted by Gasteiger charge is 2.10. The van der Waals surface area contributed by atoms with E-state index in [9.17, 15) is 35.1 Å². The molecule has 0 spiro atoms. The van der Waals surface area contributed by atoms with Crippen molar-refractivity contribution in [3.63, 3.8) is 0 Å². The summed E-state index contributed by atoms with van der Waals surface area (Å²) >= 11 is 0. The van der Waals surface area contributed by atoms with Crippen LogP contribution in [0.3, 0.4) is 0 Å². The molecule has 0 aliphatic carbocycles. The van der Waals surface area contributed by atoms with Crippen LogP contribution in [0, 0.1) is 46.5 Å². The van der Waals surface area contributed by atoms with Gasteiger partial charge in [-0.15, -0.1) is 0 Å². The standard InChI is InChI=1S/2C13H7F4N/c2*14-9-1-3-10(4-2-9)18-7-8-5-11(15)13(17)12(16)6-8/h2*1-7H. The molecule has 0 N–H and O–H groups in total. The van der Waals surface area contributed by atoms with E-state index < -0.39 is 46.5 Å². The Hall–Kier alpha value is -4.34. The van der Waals surface area contributed by atoms with E-state index in [1.165, 1.54) is 61.0 Å². The van der Waals surface area contributed by atoms with Gasteiger partial charge in [0, 0.05) is 12.4 Å². The van der Waals surface area contributed by atoms with Crippen molar-refractivity contribution in [2.45, 2.75) is 0 Å². The van der Waals surface area contributed by atoms with E-state index >= 15 is 0 Å². The lowest BCUT2D eigenvalue weighted by Crippen LogP contribution is -1.93. The summed E-state index contributed by atoms with van der Waals surface area (Å²) in [7, 11) is 0. The lowest BCUT2D eigenvalue weighted by Gasteiger charge is -1.98. The second-order valence-electron chi connectivity index (χ2n) is 7.07. The van der Waals surface area contributed by atoms with Crippen LogP contribution in [0.25, 0.3) is 0 Å². The van der Waals surface area contributed by atoms with Crippen molar-refractivity contribution in [2.24, 2.45) is 9.98 Å². The van der Waals surface area contributed by atoms with Crippen LogP contribution < -0.4 is 0 Å². The normalized spacial score (nSPS) is 11.1. The fraction of sp³-hybridized carbons (Fsp3) is 0. The van der Waals surface area contributed by atoms with E-state index in [0.717, 1.165) is 24.3 Å². The number of nitrogens with zero attached hydrogens (tertiary/aromatic N) is 2. The van der Waals surface area contributed by atoms with Crippen molar-refractivity contribution in [3.05, 3.63) is 130 Å². The molecule has 0 saturated carbocycles. The molecular weight excluding hydrogens is 492 g/mol. The van der Waals surface area contributed by atoms with Crippen molar-refractivity contribution >= 4 is 23.8 Å². The van der Waals surface area contributed by atoms with Crippen molar-refractivity contribution in [3.8, 4) is 0 Å². The Labute approximate surface area is 199 Å². The van der Waals surface area contributed by atoms with Crippen LogP contribution in [-0.4, -0.2) is 12.4 Å². The Bertz CT molecular complexity index is 1240. The second kappa shape index (κ2) is 11.9. The zero-order chi connectivity index (χ0) is 26.2. The molecule has 0 aliphatic rings. The SMILES string of the molecule is Fc1ccc(N=Cc2cc(F)c(F)c(F)c2)cc1.Fc1ccc(N=Cc2cc(F)c(F)c(F)c2)cc1. The van der Waals surface area contributed by atoms with Gasteiger partial charge in [0.05, 0.1) is 11.4 Å². The Kier molecular flexibility index (Phi) is 8.66. The summed E-state index contributed by atoms with van der Waals surface area (Å²) in [6.45, 7) is 0. The molecule has 4 aromatic rings. The van der Waals surface area contributed by atoms with Gasteiger partial charge in [-0.25, -0.2) is 35.1 Å². The molecule has 0 fully saturated rings. The highest BCUT2D eigenvalue weighted by molar-refractivity contribution is 5.82. The van der Waals surface area contributed by atoms with Gasteiger partial charge in [0.1, 0.15) is 11.6 Å². The topological polar surface area (TPSA) is 24.7 Å². The summed E-state index contributed by atoms with van der Waals surface area (Å²) in [6.07, 6.45) is 2.33. The van der Waals surface area contributed by atoms with Crippen LogP contribution in [0.15, 0.2) is 82.8 Å². The lowest BCUT2D eigenvalue weighted by atomic mass is 10.2. The van der Waals surface area contributed by atoms with E-state index in [1.807, 2.05) is 0 Å². The summed E-state index contributed by atoms with van der Waals surface area (Å²) < 4.78 is 102. The number of halogens is 8. The molecule has 0 aliphatic heterocycles. The Morgan fingerprint density at radius 2 is 0.694 bits per heavy atom. The molecule has 4 rings (SSSR count). The largest absolute Gasteiger partial charge is 0.256 e. The van der Waals surface area contributed by atoms with E-state index in [0.29, 0.717) is 11.4 Å². The average molecular weight is 506 g/mol. The van der Waals surface area contributed by atoms with Crippen molar-refractivity contribution < 1.29 is 35.1 Å². The Morgan fingerprint density at radius 3 is 0.972 bits per heavy atom. The maximum atomic E-state index is 12.9. The Morgan fingerprint density at radius 1 is 0.417 bits per heavy atom. The molecule has 10 heteroatoms. The first-order chi connectivity index (χ1) is 17.1. The molecule has 0 heterocycles. The predicted molar refractivity (Wildman–Crippen MR) is 120 cm³/mol. The van der Waals surface area contributed by atoms with Crippen LogP contribution in [0.1, 0.15) is 11.1 Å². The number of hydrogen-bond donors (Lipinski definition) is 0. The summed E-state index contributed by atoms with van der Waals surface area (Å²) in [4.78, 5) is 7.76. The number of benzene rings is 4. The minimum absolute atomic E-state index is 0.0794. The molecule has 4 aromatic carbocycles. The first kappa shape index (κ1) is 26.3. The van der Waals surface area contributed by atoms with Crippen LogP contribution >= 0.6 is 0 Å².